The number of rotatable bonds is 3. The summed E-state index contributed by atoms with van der Waals surface area (Å²) in [5.74, 6) is 6.93. The first-order valence-corrected chi connectivity index (χ1v) is 9.76. The number of hydrogen-bond acceptors (Lipinski definition) is 3. The van der Waals surface area contributed by atoms with Crippen LogP contribution in [0, 0.1) is 29.1 Å². The number of aliphatic hydroxyl groups excluding tert-OH is 1. The van der Waals surface area contributed by atoms with Crippen molar-refractivity contribution < 1.29 is 9.90 Å². The number of nitrogens with zero attached hydrogens (tertiary/aromatic N) is 2. The Morgan fingerprint density at radius 2 is 1.96 bits per heavy atom. The summed E-state index contributed by atoms with van der Waals surface area (Å²) in [6.07, 6.45) is 4.95. The molecule has 3 atom stereocenters. The summed E-state index contributed by atoms with van der Waals surface area (Å²) < 4.78 is 0. The number of likely N-dealkylation sites (tertiary alicyclic amines) is 1. The first-order chi connectivity index (χ1) is 13.0. The van der Waals surface area contributed by atoms with E-state index in [1.165, 1.54) is 30.6 Å². The molecule has 3 rings (SSSR count). The molecule has 1 saturated heterocycles. The molecule has 0 aromatic heterocycles. The SMILES string of the molecule is CC(C)NC(=O)N1[C@H](C#N)[C@@H](c2ccc(C#CC3CCCC3)cc2)[C@@H]1CO. The molecule has 1 aromatic rings. The molecule has 1 aliphatic heterocycles. The largest absolute Gasteiger partial charge is 0.394 e. The van der Waals surface area contributed by atoms with Gasteiger partial charge in [-0.25, -0.2) is 4.79 Å². The number of aliphatic hydroxyl groups is 1. The molecule has 1 aliphatic carbocycles. The number of nitrogens with one attached hydrogen (secondary N) is 1. The van der Waals surface area contributed by atoms with Gasteiger partial charge in [0.1, 0.15) is 6.04 Å². The summed E-state index contributed by atoms with van der Waals surface area (Å²) in [6, 6.07) is 8.81. The average molecular weight is 365 g/mol. The maximum absolute atomic E-state index is 12.4. The van der Waals surface area contributed by atoms with Crippen LogP contribution in [0.15, 0.2) is 24.3 Å². The summed E-state index contributed by atoms with van der Waals surface area (Å²) >= 11 is 0. The molecule has 0 spiro atoms. The Morgan fingerprint density at radius 3 is 2.52 bits per heavy atom. The van der Waals surface area contributed by atoms with Crippen molar-refractivity contribution >= 4 is 6.03 Å². The zero-order valence-corrected chi connectivity index (χ0v) is 16.0. The number of urea groups is 1. The quantitative estimate of drug-likeness (QED) is 0.809. The molecular formula is C22H27N3O2. The molecule has 142 valence electrons. The van der Waals surface area contributed by atoms with Crippen LogP contribution >= 0.6 is 0 Å². The summed E-state index contributed by atoms with van der Waals surface area (Å²) in [6.45, 7) is 3.57. The molecule has 1 saturated carbocycles. The van der Waals surface area contributed by atoms with Gasteiger partial charge in [0.15, 0.2) is 0 Å². The van der Waals surface area contributed by atoms with Crippen LogP contribution in [0.2, 0.25) is 0 Å². The van der Waals surface area contributed by atoms with Gasteiger partial charge in [-0.2, -0.15) is 5.26 Å². The van der Waals surface area contributed by atoms with Crippen molar-refractivity contribution in [3.63, 3.8) is 0 Å². The van der Waals surface area contributed by atoms with Crippen molar-refractivity contribution in [1.29, 1.82) is 5.26 Å². The van der Waals surface area contributed by atoms with E-state index in [0.717, 1.165) is 11.1 Å². The Morgan fingerprint density at radius 1 is 1.30 bits per heavy atom. The highest BCUT2D eigenvalue weighted by atomic mass is 16.3. The standard InChI is InChI=1S/C22H27N3O2/c1-15(2)24-22(27)25-19(13-23)21(20(25)14-26)18-11-9-17(10-12-18)8-7-16-5-3-4-6-16/h9-12,15-16,19-21,26H,3-6,14H2,1-2H3,(H,24,27)/t19-,20+,21-/m1/s1. The van der Waals surface area contributed by atoms with Crippen LogP contribution in [0.1, 0.15) is 56.6 Å². The first kappa shape index (κ1) is 19.3. The molecule has 2 N–H and O–H groups in total. The Labute approximate surface area is 161 Å². The van der Waals surface area contributed by atoms with Crippen molar-refractivity contribution in [2.24, 2.45) is 5.92 Å². The van der Waals surface area contributed by atoms with Crippen LogP contribution in [0.3, 0.4) is 0 Å². The first-order valence-electron chi connectivity index (χ1n) is 9.76. The van der Waals surface area contributed by atoms with E-state index in [0.29, 0.717) is 5.92 Å². The minimum Gasteiger partial charge on any atom is -0.394 e. The van der Waals surface area contributed by atoms with E-state index < -0.39 is 6.04 Å². The number of hydrogen-bond donors (Lipinski definition) is 2. The van der Waals surface area contributed by atoms with Gasteiger partial charge in [0.05, 0.1) is 18.7 Å². The lowest BCUT2D eigenvalue weighted by Crippen LogP contribution is -2.67. The fourth-order valence-electron chi connectivity index (χ4n) is 4.05. The second kappa shape index (κ2) is 8.46. The average Bonchev–Trinajstić information content (AvgIpc) is 3.14. The molecule has 0 radical (unpaired) electrons. The van der Waals surface area contributed by atoms with Crippen molar-refractivity contribution in [3.8, 4) is 17.9 Å². The van der Waals surface area contributed by atoms with Gasteiger partial charge in [0, 0.05) is 23.4 Å². The highest BCUT2D eigenvalue weighted by Crippen LogP contribution is 2.40. The Balaban J connectivity index is 1.73. The number of carbonyl (C=O) groups is 1. The van der Waals surface area contributed by atoms with E-state index >= 15 is 0 Å². The number of nitriles is 1. The van der Waals surface area contributed by atoms with Gasteiger partial charge in [-0.05, 0) is 44.4 Å². The van der Waals surface area contributed by atoms with Crippen LogP contribution in [0.5, 0.6) is 0 Å². The fourth-order valence-corrected chi connectivity index (χ4v) is 4.05. The van der Waals surface area contributed by atoms with Gasteiger partial charge in [-0.15, -0.1) is 0 Å². The molecule has 1 heterocycles. The van der Waals surface area contributed by atoms with Gasteiger partial charge < -0.3 is 15.3 Å². The van der Waals surface area contributed by atoms with E-state index in [2.05, 4.69) is 23.2 Å². The summed E-state index contributed by atoms with van der Waals surface area (Å²) in [5.41, 5.74) is 1.93. The zero-order valence-electron chi connectivity index (χ0n) is 16.0. The maximum atomic E-state index is 12.4. The minimum atomic E-state index is -0.573. The third-order valence-corrected chi connectivity index (χ3v) is 5.45. The molecule has 0 unspecified atom stereocenters. The Kier molecular flexibility index (Phi) is 6.04. The number of benzene rings is 1. The highest BCUT2D eigenvalue weighted by molar-refractivity contribution is 5.77. The highest BCUT2D eigenvalue weighted by Gasteiger charge is 2.51. The number of carbonyl (C=O) groups excluding carboxylic acids is 1. The summed E-state index contributed by atoms with van der Waals surface area (Å²) in [5, 5.41) is 22.2. The van der Waals surface area contributed by atoms with Crippen LogP contribution in [-0.2, 0) is 0 Å². The van der Waals surface area contributed by atoms with Gasteiger partial charge in [-0.3, -0.25) is 0 Å². The molecular weight excluding hydrogens is 338 g/mol. The zero-order chi connectivity index (χ0) is 19.4. The third-order valence-electron chi connectivity index (χ3n) is 5.45. The second-order valence-corrected chi connectivity index (χ2v) is 7.73. The molecule has 1 aromatic carbocycles. The van der Waals surface area contributed by atoms with Crippen LogP contribution < -0.4 is 5.32 Å². The predicted octanol–water partition coefficient (Wildman–Crippen LogP) is 3.00. The second-order valence-electron chi connectivity index (χ2n) is 7.73. The van der Waals surface area contributed by atoms with E-state index in [-0.39, 0.29) is 30.6 Å². The molecule has 27 heavy (non-hydrogen) atoms. The van der Waals surface area contributed by atoms with Crippen LogP contribution in [-0.4, -0.2) is 40.8 Å². The molecule has 5 heteroatoms. The fraction of sp³-hybridized carbons (Fsp3) is 0.545. The van der Waals surface area contributed by atoms with E-state index in [1.54, 1.807) is 0 Å². The van der Waals surface area contributed by atoms with Crippen molar-refractivity contribution in [2.75, 3.05) is 6.61 Å². The van der Waals surface area contributed by atoms with E-state index in [4.69, 9.17) is 0 Å². The molecule has 2 amide bonds. The van der Waals surface area contributed by atoms with Crippen LogP contribution in [0.25, 0.3) is 0 Å². The van der Waals surface area contributed by atoms with Crippen molar-refractivity contribution in [2.45, 2.75) is 63.6 Å². The summed E-state index contributed by atoms with van der Waals surface area (Å²) in [7, 11) is 0. The lowest BCUT2D eigenvalue weighted by Gasteiger charge is -2.51. The molecule has 0 bridgehead atoms. The summed E-state index contributed by atoms with van der Waals surface area (Å²) in [4.78, 5) is 13.8. The lowest BCUT2D eigenvalue weighted by molar-refractivity contribution is 0.0162. The van der Waals surface area contributed by atoms with Gasteiger partial charge in [0.2, 0.25) is 0 Å². The molecule has 5 nitrogen and oxygen atoms in total. The minimum absolute atomic E-state index is 0.0204. The normalized spacial score (nSPS) is 24.7. The van der Waals surface area contributed by atoms with Gasteiger partial charge in [0.25, 0.3) is 0 Å². The van der Waals surface area contributed by atoms with Crippen LogP contribution in [0.4, 0.5) is 4.79 Å². The van der Waals surface area contributed by atoms with E-state index in [1.807, 2.05) is 38.1 Å². The lowest BCUT2D eigenvalue weighted by atomic mass is 9.76. The smallest absolute Gasteiger partial charge is 0.319 e. The Bertz CT molecular complexity index is 763. The van der Waals surface area contributed by atoms with Gasteiger partial charge >= 0.3 is 6.03 Å². The maximum Gasteiger partial charge on any atom is 0.319 e. The Hall–Kier alpha value is -2.50. The van der Waals surface area contributed by atoms with E-state index in [9.17, 15) is 15.2 Å². The predicted molar refractivity (Wildman–Crippen MR) is 104 cm³/mol. The van der Waals surface area contributed by atoms with Crippen molar-refractivity contribution in [3.05, 3.63) is 35.4 Å². The topological polar surface area (TPSA) is 76.4 Å². The van der Waals surface area contributed by atoms with Gasteiger partial charge in [-0.1, -0.05) is 36.8 Å². The third kappa shape index (κ3) is 4.10. The monoisotopic (exact) mass is 365 g/mol. The van der Waals surface area contributed by atoms with Crippen molar-refractivity contribution in [1.82, 2.24) is 10.2 Å². The molecule has 2 aliphatic rings. The number of amides is 2. The molecule has 2 fully saturated rings.